The third kappa shape index (κ3) is 33.8. The Hall–Kier alpha value is -0.240. The van der Waals surface area contributed by atoms with Crippen LogP contribution in [-0.4, -0.2) is 12.6 Å². The number of hydrogen-bond acceptors (Lipinski definition) is 2. The van der Waals surface area contributed by atoms with Crippen molar-refractivity contribution in [3.8, 4) is 0 Å². The molecule has 0 aromatic carbocycles. The first kappa shape index (κ1) is 18.5. The lowest BCUT2D eigenvalue weighted by molar-refractivity contribution is -0.140. The molecule has 2 nitrogen and oxygen atoms in total. The summed E-state index contributed by atoms with van der Waals surface area (Å²) in [6, 6.07) is 0. The average molecular weight is 211 g/mol. The zero-order valence-electron chi connectivity index (χ0n) is 9.26. The highest BCUT2D eigenvalue weighted by atomic mass is 35.5. The van der Waals surface area contributed by atoms with Gasteiger partial charge in [-0.1, -0.05) is 39.5 Å². The number of carbonyl (C=O) groups is 1. The summed E-state index contributed by atoms with van der Waals surface area (Å²) >= 11 is 0. The lowest BCUT2D eigenvalue weighted by Gasteiger charge is -1.89. The topological polar surface area (TPSA) is 26.3 Å². The summed E-state index contributed by atoms with van der Waals surface area (Å²) in [5.41, 5.74) is 0. The summed E-state index contributed by atoms with van der Waals surface area (Å²) in [7, 11) is 0. The summed E-state index contributed by atoms with van der Waals surface area (Å²) in [5, 5.41) is 0. The van der Waals surface area contributed by atoms with E-state index in [1.807, 2.05) is 0 Å². The first-order chi connectivity index (χ1) is 5.68. The fraction of sp³-hybridized carbons (Fsp3) is 0.900. The van der Waals surface area contributed by atoms with Crippen LogP contribution in [-0.2, 0) is 9.53 Å². The molecule has 0 N–H and O–H groups in total. The zero-order chi connectivity index (χ0) is 9.82. The molecule has 13 heavy (non-hydrogen) atoms. The Morgan fingerprint density at radius 1 is 1.08 bits per heavy atom. The van der Waals surface area contributed by atoms with Gasteiger partial charge in [0.2, 0.25) is 0 Å². The maximum atomic E-state index is 9.82. The van der Waals surface area contributed by atoms with Gasteiger partial charge < -0.3 is 4.74 Å². The first-order valence-corrected chi connectivity index (χ1v) is 4.82. The molecule has 0 fully saturated rings. The molecule has 0 aromatic heterocycles. The van der Waals surface area contributed by atoms with Gasteiger partial charge in [-0.05, 0) is 6.92 Å². The average Bonchev–Trinajstić information content (AvgIpc) is 2.02. The van der Waals surface area contributed by atoms with Crippen molar-refractivity contribution in [2.24, 2.45) is 0 Å². The molecule has 0 aliphatic rings. The van der Waals surface area contributed by atoms with Crippen molar-refractivity contribution in [2.75, 3.05) is 6.61 Å². The van der Waals surface area contributed by atoms with Crippen molar-refractivity contribution >= 4 is 18.4 Å². The van der Waals surface area contributed by atoms with Crippen molar-refractivity contribution in [3.05, 3.63) is 0 Å². The van der Waals surface area contributed by atoms with Gasteiger partial charge in [0, 0.05) is 6.92 Å². The van der Waals surface area contributed by atoms with Crippen molar-refractivity contribution in [1.29, 1.82) is 0 Å². The molecule has 0 spiro atoms. The monoisotopic (exact) mass is 210 g/mol. The molecule has 82 valence electrons. The quantitative estimate of drug-likeness (QED) is 0.524. The Balaban J connectivity index is -0.000000143. The summed E-state index contributed by atoms with van der Waals surface area (Å²) in [5.74, 6) is -0.211. The number of halogens is 1. The van der Waals surface area contributed by atoms with Crippen LogP contribution in [0.4, 0.5) is 0 Å². The summed E-state index contributed by atoms with van der Waals surface area (Å²) < 4.78 is 4.40. The lowest BCUT2D eigenvalue weighted by Crippen LogP contribution is -1.95. The van der Waals surface area contributed by atoms with Gasteiger partial charge >= 0.3 is 5.97 Å². The maximum absolute atomic E-state index is 9.82. The van der Waals surface area contributed by atoms with Crippen LogP contribution in [0.25, 0.3) is 0 Å². The Morgan fingerprint density at radius 3 is 1.54 bits per heavy atom. The van der Waals surface area contributed by atoms with Crippen molar-refractivity contribution < 1.29 is 9.53 Å². The minimum Gasteiger partial charge on any atom is -0.466 e. The van der Waals surface area contributed by atoms with Gasteiger partial charge in [-0.25, -0.2) is 0 Å². The van der Waals surface area contributed by atoms with Crippen molar-refractivity contribution in [1.82, 2.24) is 0 Å². The Bertz CT molecular complexity index is 90.9. The van der Waals surface area contributed by atoms with Gasteiger partial charge in [0.1, 0.15) is 0 Å². The van der Waals surface area contributed by atoms with Crippen LogP contribution < -0.4 is 0 Å². The largest absolute Gasteiger partial charge is 0.466 e. The van der Waals surface area contributed by atoms with Crippen LogP contribution in [0.5, 0.6) is 0 Å². The molecule has 0 unspecified atom stereocenters. The van der Waals surface area contributed by atoms with E-state index in [1.54, 1.807) is 6.92 Å². The lowest BCUT2D eigenvalue weighted by atomic mass is 10.2. The van der Waals surface area contributed by atoms with Gasteiger partial charge in [0.25, 0.3) is 0 Å². The van der Waals surface area contributed by atoms with Crippen molar-refractivity contribution in [3.63, 3.8) is 0 Å². The van der Waals surface area contributed by atoms with Crippen LogP contribution in [0.2, 0.25) is 0 Å². The van der Waals surface area contributed by atoms with Gasteiger partial charge in [-0.15, -0.1) is 12.4 Å². The molecule has 0 heterocycles. The minimum atomic E-state index is -0.211. The number of hydrogen-bond donors (Lipinski definition) is 0. The highest BCUT2D eigenvalue weighted by molar-refractivity contribution is 5.85. The van der Waals surface area contributed by atoms with E-state index in [1.165, 1.54) is 32.6 Å². The number of esters is 1. The Kier molecular flexibility index (Phi) is 25.3. The van der Waals surface area contributed by atoms with Crippen LogP contribution in [0.3, 0.4) is 0 Å². The SMILES string of the molecule is CCCCCC.CCOC(C)=O.Cl. The fourth-order valence-electron chi connectivity index (χ4n) is 0.703. The predicted octanol–water partition coefficient (Wildman–Crippen LogP) is 3.58. The van der Waals surface area contributed by atoms with Crippen LogP contribution in [0, 0.1) is 0 Å². The zero-order valence-corrected chi connectivity index (χ0v) is 10.1. The highest BCUT2D eigenvalue weighted by Gasteiger charge is 1.81. The van der Waals surface area contributed by atoms with E-state index in [0.29, 0.717) is 6.61 Å². The third-order valence-corrected chi connectivity index (χ3v) is 1.30. The molecule has 0 atom stereocenters. The number of carbonyl (C=O) groups excluding carboxylic acids is 1. The van der Waals surface area contributed by atoms with Gasteiger partial charge in [-0.2, -0.15) is 0 Å². The molecule has 0 saturated carbocycles. The second-order valence-corrected chi connectivity index (χ2v) is 2.63. The highest BCUT2D eigenvalue weighted by Crippen LogP contribution is 1.95. The Labute approximate surface area is 88.5 Å². The molecule has 3 heteroatoms. The summed E-state index contributed by atoms with van der Waals surface area (Å²) in [4.78, 5) is 9.82. The Morgan fingerprint density at radius 2 is 1.46 bits per heavy atom. The molecule has 0 bridgehead atoms. The molecule has 0 saturated heterocycles. The fourth-order valence-corrected chi connectivity index (χ4v) is 0.703. The molecular weight excluding hydrogens is 188 g/mol. The van der Waals surface area contributed by atoms with Crippen LogP contribution in [0.15, 0.2) is 0 Å². The van der Waals surface area contributed by atoms with E-state index in [4.69, 9.17) is 0 Å². The van der Waals surface area contributed by atoms with Crippen LogP contribution >= 0.6 is 12.4 Å². The van der Waals surface area contributed by atoms with Gasteiger partial charge in [0.15, 0.2) is 0 Å². The summed E-state index contributed by atoms with van der Waals surface area (Å²) in [6.07, 6.45) is 5.54. The van der Waals surface area contributed by atoms with E-state index in [0.717, 1.165) is 0 Å². The second-order valence-electron chi connectivity index (χ2n) is 2.63. The molecule has 0 aliphatic carbocycles. The minimum absolute atomic E-state index is 0. The first-order valence-electron chi connectivity index (χ1n) is 4.82. The smallest absolute Gasteiger partial charge is 0.302 e. The van der Waals surface area contributed by atoms with Crippen LogP contribution in [0.1, 0.15) is 53.4 Å². The van der Waals surface area contributed by atoms with Gasteiger partial charge in [0.05, 0.1) is 6.61 Å². The number of rotatable bonds is 4. The molecule has 0 amide bonds. The van der Waals surface area contributed by atoms with E-state index in [9.17, 15) is 4.79 Å². The predicted molar refractivity (Wildman–Crippen MR) is 59.4 cm³/mol. The third-order valence-electron chi connectivity index (χ3n) is 1.30. The summed E-state index contributed by atoms with van der Waals surface area (Å²) in [6.45, 7) is 8.12. The van der Waals surface area contributed by atoms with E-state index in [-0.39, 0.29) is 18.4 Å². The van der Waals surface area contributed by atoms with Gasteiger partial charge in [-0.3, -0.25) is 4.79 Å². The maximum Gasteiger partial charge on any atom is 0.302 e. The second kappa shape index (κ2) is 17.7. The van der Waals surface area contributed by atoms with Crippen molar-refractivity contribution in [2.45, 2.75) is 53.4 Å². The standard InChI is InChI=1S/C6H14.C4H8O2.ClH/c1-3-5-6-4-2;1-3-6-4(2)5;/h3-6H2,1-2H3;3H2,1-2H3;1H. The van der Waals surface area contributed by atoms with E-state index in [2.05, 4.69) is 18.6 Å². The normalized spacial score (nSPS) is 7.69. The van der Waals surface area contributed by atoms with E-state index >= 15 is 0 Å². The molecule has 0 rings (SSSR count). The molecule has 0 aromatic rings. The number of ether oxygens (including phenoxy) is 1. The number of unbranched alkanes of at least 4 members (excludes halogenated alkanes) is 3. The van der Waals surface area contributed by atoms with E-state index < -0.39 is 0 Å². The molecular formula is C10H23ClO2. The molecule has 0 radical (unpaired) electrons. The molecule has 0 aliphatic heterocycles.